The smallest absolute Gasteiger partial charge is 0.177 e. The fraction of sp³-hybridized carbons (Fsp3) is 0.370. The van der Waals surface area contributed by atoms with E-state index >= 15 is 0 Å². The molecule has 2 aliphatic heterocycles. The van der Waals surface area contributed by atoms with Gasteiger partial charge in [-0.2, -0.15) is 0 Å². The molecule has 0 saturated carbocycles. The molecule has 4 rings (SSSR count). The minimum Gasteiger partial charge on any atom is -0.361 e. The van der Waals surface area contributed by atoms with Gasteiger partial charge in [-0.05, 0) is 61.8 Å². The van der Waals surface area contributed by atoms with E-state index in [0.29, 0.717) is 5.78 Å². The number of piperidine rings is 2. The van der Waals surface area contributed by atoms with E-state index in [1.54, 1.807) is 0 Å². The molecule has 2 saturated heterocycles. The molecule has 2 aromatic carbocycles. The number of carbonyl (C=O) groups excluding carboxylic acids is 1. The normalized spacial score (nSPS) is 21.2. The van der Waals surface area contributed by atoms with Gasteiger partial charge in [-0.3, -0.25) is 4.79 Å². The van der Waals surface area contributed by atoms with Crippen molar-refractivity contribution in [3.05, 3.63) is 72.8 Å². The van der Waals surface area contributed by atoms with E-state index in [-0.39, 0.29) is 24.5 Å². The molecule has 0 aliphatic carbocycles. The van der Waals surface area contributed by atoms with Gasteiger partial charge >= 0.3 is 0 Å². The predicted molar refractivity (Wildman–Crippen MR) is 135 cm³/mol. The third-order valence-corrected chi connectivity index (χ3v) is 6.59. The van der Waals surface area contributed by atoms with E-state index in [4.69, 9.17) is 0 Å². The lowest BCUT2D eigenvalue weighted by atomic mass is 9.88. The average Bonchev–Trinajstić information content (AvgIpc) is 2.83. The summed E-state index contributed by atoms with van der Waals surface area (Å²) >= 11 is 0. The fourth-order valence-electron chi connectivity index (χ4n) is 5.10. The molecule has 0 amide bonds. The first-order valence-electron chi connectivity index (χ1n) is 11.2. The highest BCUT2D eigenvalue weighted by Gasteiger charge is 2.38. The minimum atomic E-state index is -0.0682. The van der Waals surface area contributed by atoms with Crippen molar-refractivity contribution in [1.82, 2.24) is 0 Å². The van der Waals surface area contributed by atoms with Gasteiger partial charge in [0.05, 0.1) is 12.1 Å². The van der Waals surface area contributed by atoms with Crippen LogP contribution in [0.2, 0.25) is 0 Å². The van der Waals surface area contributed by atoms with Gasteiger partial charge in [0.2, 0.25) is 0 Å². The molecule has 3 nitrogen and oxygen atoms in total. The zero-order valence-electron chi connectivity index (χ0n) is 18.2. The summed E-state index contributed by atoms with van der Waals surface area (Å²) in [6.07, 6.45) is 10.1. The van der Waals surface area contributed by atoms with Crippen LogP contribution in [0.15, 0.2) is 61.7 Å². The van der Waals surface area contributed by atoms with Gasteiger partial charge in [0, 0.05) is 24.5 Å². The summed E-state index contributed by atoms with van der Waals surface area (Å²) in [7, 11) is 0. The second kappa shape index (κ2) is 10.7. The number of ketones is 1. The lowest BCUT2D eigenvalue weighted by molar-refractivity contribution is -0.122. The van der Waals surface area contributed by atoms with Gasteiger partial charge in [-0.15, -0.1) is 12.4 Å². The highest BCUT2D eigenvalue weighted by molar-refractivity contribution is 5.95. The summed E-state index contributed by atoms with van der Waals surface area (Å²) < 4.78 is 0. The molecule has 31 heavy (non-hydrogen) atoms. The van der Waals surface area contributed by atoms with Crippen molar-refractivity contribution >= 4 is 41.7 Å². The number of para-hydroxylation sites is 2. The Kier molecular flexibility index (Phi) is 7.97. The van der Waals surface area contributed by atoms with Gasteiger partial charge in [-0.1, -0.05) is 61.7 Å². The van der Waals surface area contributed by atoms with Gasteiger partial charge in [0.1, 0.15) is 0 Å². The van der Waals surface area contributed by atoms with Crippen LogP contribution in [0.25, 0.3) is 12.2 Å². The largest absolute Gasteiger partial charge is 0.361 e. The highest BCUT2D eigenvalue weighted by Crippen LogP contribution is 2.34. The van der Waals surface area contributed by atoms with Crippen LogP contribution in [0.4, 0.5) is 11.4 Å². The Labute approximate surface area is 192 Å². The number of hydrogen-bond acceptors (Lipinski definition) is 3. The Balaban J connectivity index is 0.00000272. The Hall–Kier alpha value is -2.52. The summed E-state index contributed by atoms with van der Waals surface area (Å²) in [5.74, 6) is 0.368. The van der Waals surface area contributed by atoms with Gasteiger partial charge < -0.3 is 9.80 Å². The second-order valence-electron chi connectivity index (χ2n) is 8.34. The van der Waals surface area contributed by atoms with Gasteiger partial charge in [0.15, 0.2) is 5.78 Å². The summed E-state index contributed by atoms with van der Waals surface area (Å²) in [6.45, 7) is 9.83. The zero-order valence-corrected chi connectivity index (χ0v) is 19.0. The summed E-state index contributed by atoms with van der Waals surface area (Å²) in [4.78, 5) is 18.7. The molecule has 0 spiro atoms. The topological polar surface area (TPSA) is 23.6 Å². The van der Waals surface area contributed by atoms with Crippen LogP contribution in [-0.4, -0.2) is 31.0 Å². The molecule has 0 N–H and O–H groups in total. The molecule has 2 unspecified atom stereocenters. The molecular weight excluding hydrogens is 404 g/mol. The highest BCUT2D eigenvalue weighted by atomic mass is 35.5. The quantitative estimate of drug-likeness (QED) is 0.524. The zero-order chi connectivity index (χ0) is 20.9. The minimum absolute atomic E-state index is 0. The first-order chi connectivity index (χ1) is 14.7. The van der Waals surface area contributed by atoms with Crippen LogP contribution in [0, 0.1) is 0 Å². The van der Waals surface area contributed by atoms with Crippen molar-refractivity contribution in [2.75, 3.05) is 22.9 Å². The van der Waals surface area contributed by atoms with Crippen molar-refractivity contribution < 1.29 is 4.79 Å². The third-order valence-electron chi connectivity index (χ3n) is 6.59. The van der Waals surface area contributed by atoms with Crippen molar-refractivity contribution in [3.63, 3.8) is 0 Å². The van der Waals surface area contributed by atoms with Crippen LogP contribution < -0.4 is 9.80 Å². The fourth-order valence-corrected chi connectivity index (χ4v) is 5.10. The molecule has 4 heteroatoms. The molecular formula is C27H33ClN2O. The van der Waals surface area contributed by atoms with Gasteiger partial charge in [0.25, 0.3) is 0 Å². The van der Waals surface area contributed by atoms with Crippen molar-refractivity contribution in [3.8, 4) is 0 Å². The third kappa shape index (κ3) is 4.72. The number of rotatable bonds is 6. The van der Waals surface area contributed by atoms with E-state index in [1.807, 2.05) is 24.3 Å². The van der Waals surface area contributed by atoms with E-state index in [2.05, 4.69) is 59.4 Å². The van der Waals surface area contributed by atoms with Crippen molar-refractivity contribution in [2.45, 2.75) is 50.6 Å². The average molecular weight is 437 g/mol. The maximum Gasteiger partial charge on any atom is 0.177 e. The van der Waals surface area contributed by atoms with E-state index in [1.165, 1.54) is 0 Å². The SMILES string of the molecule is C=Cc1ccccc1N1CCCCC1C(=O)C1CCCCN1c1ccccc1C=C.Cl. The Bertz CT molecular complexity index is 851. The predicted octanol–water partition coefficient (Wildman–Crippen LogP) is 6.38. The van der Waals surface area contributed by atoms with Crippen LogP contribution in [-0.2, 0) is 4.79 Å². The molecule has 2 fully saturated rings. The van der Waals surface area contributed by atoms with Crippen LogP contribution in [0.5, 0.6) is 0 Å². The van der Waals surface area contributed by atoms with Crippen molar-refractivity contribution in [1.29, 1.82) is 0 Å². The summed E-state index contributed by atoms with van der Waals surface area (Å²) in [5.41, 5.74) is 4.49. The molecule has 2 heterocycles. The molecule has 0 aromatic heterocycles. The number of benzene rings is 2. The lowest BCUT2D eigenvalue weighted by Gasteiger charge is -2.43. The maximum atomic E-state index is 14.0. The number of nitrogens with zero attached hydrogens (tertiary/aromatic N) is 2. The molecule has 0 bridgehead atoms. The lowest BCUT2D eigenvalue weighted by Crippen LogP contribution is -2.55. The van der Waals surface area contributed by atoms with Gasteiger partial charge in [-0.25, -0.2) is 0 Å². The number of Topliss-reactive ketones (excluding diaryl/α,β-unsaturated/α-hetero) is 1. The van der Waals surface area contributed by atoms with Crippen molar-refractivity contribution in [2.24, 2.45) is 0 Å². The number of halogens is 1. The molecule has 0 radical (unpaired) electrons. The standard InChI is InChI=1S/C27H32N2O.ClH/c1-3-21-13-5-7-15-23(21)28-19-11-9-17-25(28)27(30)26-18-10-12-20-29(26)24-16-8-6-14-22(24)4-2;/h3-8,13-16,25-26H,1-2,9-12,17-20H2;1H. The number of anilines is 2. The molecule has 2 aromatic rings. The Morgan fingerprint density at radius 2 is 1.16 bits per heavy atom. The first-order valence-corrected chi connectivity index (χ1v) is 11.2. The first kappa shape index (κ1) is 23.1. The van der Waals surface area contributed by atoms with Crippen LogP contribution in [0.3, 0.4) is 0 Å². The molecule has 2 atom stereocenters. The summed E-state index contributed by atoms with van der Waals surface area (Å²) in [5, 5.41) is 0. The van der Waals surface area contributed by atoms with E-state index < -0.39 is 0 Å². The van der Waals surface area contributed by atoms with E-state index in [9.17, 15) is 4.79 Å². The number of carbonyl (C=O) groups is 1. The molecule has 2 aliphatic rings. The molecule has 164 valence electrons. The van der Waals surface area contributed by atoms with Crippen LogP contribution in [0.1, 0.15) is 49.7 Å². The second-order valence-corrected chi connectivity index (χ2v) is 8.34. The maximum absolute atomic E-state index is 14.0. The Morgan fingerprint density at radius 3 is 1.58 bits per heavy atom. The van der Waals surface area contributed by atoms with E-state index in [0.717, 1.165) is 74.1 Å². The Morgan fingerprint density at radius 1 is 0.742 bits per heavy atom. The monoisotopic (exact) mass is 436 g/mol. The summed E-state index contributed by atoms with van der Waals surface area (Å²) in [6, 6.07) is 16.5. The number of hydrogen-bond donors (Lipinski definition) is 0. The van der Waals surface area contributed by atoms with Crippen LogP contribution >= 0.6 is 12.4 Å².